The van der Waals surface area contributed by atoms with E-state index in [0.29, 0.717) is 22.5 Å². The minimum absolute atomic E-state index is 0.00671. The molecule has 0 saturated heterocycles. The first-order valence-corrected chi connectivity index (χ1v) is 10.6. The molecule has 1 aromatic carbocycles. The number of nitrogens with one attached hydrogen (secondary N) is 2. The fourth-order valence-electron chi connectivity index (χ4n) is 3.58. The summed E-state index contributed by atoms with van der Waals surface area (Å²) in [6.07, 6.45) is -3.51. The lowest BCUT2D eigenvalue weighted by atomic mass is 10.00. The predicted octanol–water partition coefficient (Wildman–Crippen LogP) is 4.72. The van der Waals surface area contributed by atoms with Gasteiger partial charge in [-0.1, -0.05) is 17.7 Å². The Balaban J connectivity index is 1.88. The van der Waals surface area contributed by atoms with Crippen LogP contribution >= 0.6 is 11.6 Å². The van der Waals surface area contributed by atoms with Crippen molar-refractivity contribution in [3.63, 3.8) is 0 Å². The second-order valence-electron chi connectivity index (χ2n) is 7.63. The van der Waals surface area contributed by atoms with Crippen LogP contribution in [0, 0.1) is 13.8 Å². The van der Waals surface area contributed by atoms with Crippen LogP contribution in [-0.2, 0) is 6.18 Å². The highest BCUT2D eigenvalue weighted by atomic mass is 35.5. The maximum atomic E-state index is 13.5. The highest BCUT2D eigenvalue weighted by Gasteiger charge is 2.37. The normalized spacial score (nSPS) is 11.5. The summed E-state index contributed by atoms with van der Waals surface area (Å²) in [5.41, 5.74) is 0.229. The molecule has 2 amide bonds. The minimum Gasteiger partial charge on any atom is -0.355 e. The van der Waals surface area contributed by atoms with Crippen molar-refractivity contribution in [2.24, 2.45) is 0 Å². The summed E-state index contributed by atoms with van der Waals surface area (Å²) < 4.78 is 41.1. The lowest BCUT2D eigenvalue weighted by Gasteiger charge is -2.16. The topological polar surface area (TPSA) is 102 Å². The maximum Gasteiger partial charge on any atom is 0.435 e. The number of pyridine rings is 2. The Morgan fingerprint density at radius 3 is 2.49 bits per heavy atom. The number of aromatic nitrogens is 4. The fourth-order valence-corrected chi connectivity index (χ4v) is 3.78. The van der Waals surface area contributed by atoms with E-state index in [0.717, 1.165) is 10.4 Å². The molecule has 0 saturated carbocycles. The number of fused-ring (bicyclic) bond motifs is 1. The molecule has 0 aliphatic heterocycles. The summed E-state index contributed by atoms with van der Waals surface area (Å²) in [5.74, 6) is -1.60. The van der Waals surface area contributed by atoms with Crippen molar-refractivity contribution < 1.29 is 22.8 Å². The van der Waals surface area contributed by atoms with Gasteiger partial charge in [-0.2, -0.15) is 18.3 Å². The molecular formula is C23H18ClF3N6O2. The summed E-state index contributed by atoms with van der Waals surface area (Å²) in [5, 5.41) is 9.10. The first-order chi connectivity index (χ1) is 16.5. The third kappa shape index (κ3) is 4.54. The first-order valence-electron chi connectivity index (χ1n) is 10.2. The number of aryl methyl sites for hydroxylation is 2. The van der Waals surface area contributed by atoms with Crippen LogP contribution in [-0.4, -0.2) is 38.6 Å². The van der Waals surface area contributed by atoms with Crippen molar-refractivity contribution in [3.8, 4) is 5.82 Å². The summed E-state index contributed by atoms with van der Waals surface area (Å²) in [4.78, 5) is 34.5. The number of anilines is 1. The molecular weight excluding hydrogens is 485 g/mol. The molecule has 0 spiro atoms. The number of nitrogens with zero attached hydrogens (tertiary/aromatic N) is 4. The van der Waals surface area contributed by atoms with Gasteiger partial charge in [0.15, 0.2) is 11.5 Å². The number of hydrogen-bond acceptors (Lipinski definition) is 5. The number of hydrogen-bond donors (Lipinski definition) is 2. The smallest absolute Gasteiger partial charge is 0.355 e. The van der Waals surface area contributed by atoms with E-state index in [1.807, 2.05) is 0 Å². The summed E-state index contributed by atoms with van der Waals surface area (Å²) in [7, 11) is 1.43. The van der Waals surface area contributed by atoms with Gasteiger partial charge in [0, 0.05) is 30.4 Å². The number of carbonyl (C=O) groups excluding carboxylic acids is 2. The zero-order valence-electron chi connectivity index (χ0n) is 18.7. The Morgan fingerprint density at radius 1 is 1.09 bits per heavy atom. The Morgan fingerprint density at radius 2 is 1.83 bits per heavy atom. The zero-order valence-corrected chi connectivity index (χ0v) is 19.4. The molecule has 0 aliphatic carbocycles. The van der Waals surface area contributed by atoms with E-state index in [1.54, 1.807) is 32.0 Å². The van der Waals surface area contributed by atoms with Gasteiger partial charge in [0.2, 0.25) is 0 Å². The van der Waals surface area contributed by atoms with Crippen molar-refractivity contribution in [2.75, 3.05) is 12.4 Å². The summed E-state index contributed by atoms with van der Waals surface area (Å²) in [6.45, 7) is 3.45. The molecule has 0 radical (unpaired) electrons. The van der Waals surface area contributed by atoms with E-state index < -0.39 is 29.4 Å². The van der Waals surface area contributed by atoms with Gasteiger partial charge in [-0.05, 0) is 43.7 Å². The van der Waals surface area contributed by atoms with Crippen molar-refractivity contribution in [1.82, 2.24) is 25.1 Å². The van der Waals surface area contributed by atoms with E-state index in [1.165, 1.54) is 25.4 Å². The monoisotopic (exact) mass is 502 g/mol. The van der Waals surface area contributed by atoms with E-state index in [4.69, 9.17) is 11.6 Å². The fraction of sp³-hybridized carbons (Fsp3) is 0.174. The molecule has 180 valence electrons. The lowest BCUT2D eigenvalue weighted by Crippen LogP contribution is -2.24. The molecule has 4 aromatic rings. The number of benzene rings is 1. The van der Waals surface area contributed by atoms with Crippen molar-refractivity contribution in [3.05, 3.63) is 75.8 Å². The van der Waals surface area contributed by atoms with Gasteiger partial charge in [0.25, 0.3) is 11.8 Å². The molecule has 3 aromatic heterocycles. The van der Waals surface area contributed by atoms with E-state index in [2.05, 4.69) is 25.7 Å². The Labute approximate surface area is 202 Å². The van der Waals surface area contributed by atoms with Crippen LogP contribution in [0.1, 0.15) is 37.8 Å². The highest BCUT2D eigenvalue weighted by Crippen LogP contribution is 2.33. The van der Waals surface area contributed by atoms with Crippen LogP contribution in [0.4, 0.5) is 18.9 Å². The largest absolute Gasteiger partial charge is 0.435 e. The van der Waals surface area contributed by atoms with Gasteiger partial charge >= 0.3 is 6.18 Å². The molecule has 12 heteroatoms. The Bertz CT molecular complexity index is 1480. The van der Waals surface area contributed by atoms with Crippen LogP contribution in [0.25, 0.3) is 16.7 Å². The second-order valence-corrected chi connectivity index (χ2v) is 8.04. The van der Waals surface area contributed by atoms with Gasteiger partial charge in [-0.15, -0.1) is 0 Å². The van der Waals surface area contributed by atoms with Gasteiger partial charge in [0.1, 0.15) is 5.69 Å². The number of amides is 2. The third-order valence-electron chi connectivity index (χ3n) is 5.20. The van der Waals surface area contributed by atoms with Crippen LogP contribution < -0.4 is 10.6 Å². The standard InChI is InChI=1S/C23H18ClF3N6O2/c1-11-9-15-13(7-6-12(2)30-15)18(22(35)28-3)19(11)31-21(34)16-10-17(23(25,26)27)32-33(16)20-14(24)5-4-8-29-20/h4-10H,1-3H3,(H,28,35)(H,31,34). The Hall–Kier alpha value is -3.99. The van der Waals surface area contributed by atoms with Crippen molar-refractivity contribution >= 4 is 40.0 Å². The average molecular weight is 503 g/mol. The molecule has 4 rings (SSSR count). The van der Waals surface area contributed by atoms with Crippen molar-refractivity contribution in [2.45, 2.75) is 20.0 Å². The average Bonchev–Trinajstić information content (AvgIpc) is 3.25. The van der Waals surface area contributed by atoms with Gasteiger partial charge < -0.3 is 10.6 Å². The van der Waals surface area contributed by atoms with E-state index in [9.17, 15) is 22.8 Å². The number of rotatable bonds is 4. The SMILES string of the molecule is CNC(=O)c1c(NC(=O)c2cc(C(F)(F)F)nn2-c2ncccc2Cl)c(C)cc2nc(C)ccc12. The molecule has 35 heavy (non-hydrogen) atoms. The molecule has 0 bridgehead atoms. The molecule has 3 heterocycles. The van der Waals surface area contributed by atoms with Crippen LogP contribution in [0.3, 0.4) is 0 Å². The molecule has 2 N–H and O–H groups in total. The quantitative estimate of drug-likeness (QED) is 0.420. The molecule has 8 nitrogen and oxygen atoms in total. The van der Waals surface area contributed by atoms with Gasteiger partial charge in [-0.3, -0.25) is 14.6 Å². The number of halogens is 4. The van der Waals surface area contributed by atoms with Crippen LogP contribution in [0.2, 0.25) is 5.02 Å². The van der Waals surface area contributed by atoms with E-state index in [-0.39, 0.29) is 22.1 Å². The number of alkyl halides is 3. The molecule has 0 fully saturated rings. The van der Waals surface area contributed by atoms with Crippen LogP contribution in [0.15, 0.2) is 42.6 Å². The summed E-state index contributed by atoms with van der Waals surface area (Å²) >= 11 is 6.11. The van der Waals surface area contributed by atoms with E-state index >= 15 is 0 Å². The van der Waals surface area contributed by atoms with Crippen molar-refractivity contribution in [1.29, 1.82) is 0 Å². The molecule has 0 unspecified atom stereocenters. The second kappa shape index (κ2) is 8.99. The highest BCUT2D eigenvalue weighted by molar-refractivity contribution is 6.32. The summed E-state index contributed by atoms with van der Waals surface area (Å²) in [6, 6.07) is 8.58. The number of carbonyl (C=O) groups is 2. The van der Waals surface area contributed by atoms with Gasteiger partial charge in [0.05, 0.1) is 21.8 Å². The Kier molecular flexibility index (Phi) is 6.20. The lowest BCUT2D eigenvalue weighted by molar-refractivity contribution is -0.141. The first kappa shape index (κ1) is 24.1. The zero-order chi connectivity index (χ0) is 25.5. The van der Waals surface area contributed by atoms with Gasteiger partial charge in [-0.25, -0.2) is 9.67 Å². The molecule has 0 atom stereocenters. The third-order valence-corrected chi connectivity index (χ3v) is 5.49. The minimum atomic E-state index is -4.82. The maximum absolute atomic E-state index is 13.5. The molecule has 0 aliphatic rings. The predicted molar refractivity (Wildman–Crippen MR) is 124 cm³/mol. The van der Waals surface area contributed by atoms with Crippen LogP contribution in [0.5, 0.6) is 0 Å².